The molecule has 0 saturated carbocycles. The first-order chi connectivity index (χ1) is 11.7. The highest BCUT2D eigenvalue weighted by Gasteiger charge is 2.23. The quantitative estimate of drug-likeness (QED) is 0.681. The summed E-state index contributed by atoms with van der Waals surface area (Å²) in [6, 6.07) is 5.60. The summed E-state index contributed by atoms with van der Waals surface area (Å²) in [6.45, 7) is 2.01. The Hall–Kier alpha value is -2.54. The first-order valence-electron chi connectivity index (χ1n) is 7.41. The third-order valence-corrected chi connectivity index (χ3v) is 3.78. The fraction of sp³-hybridized carbons (Fsp3) is 0.312. The van der Waals surface area contributed by atoms with E-state index < -0.39 is 0 Å². The van der Waals surface area contributed by atoms with Crippen molar-refractivity contribution in [2.45, 2.75) is 19.4 Å². The minimum absolute atomic E-state index is 0.274. The van der Waals surface area contributed by atoms with Gasteiger partial charge in [0.05, 0.1) is 26.0 Å². The zero-order valence-electron chi connectivity index (χ0n) is 13.6. The largest absolute Gasteiger partial charge is 0.496 e. The van der Waals surface area contributed by atoms with Crippen LogP contribution in [0.25, 0.3) is 11.3 Å². The number of aromatic nitrogens is 4. The van der Waals surface area contributed by atoms with Crippen LogP contribution < -0.4 is 14.3 Å². The van der Waals surface area contributed by atoms with Gasteiger partial charge in [0.25, 0.3) is 0 Å². The predicted molar refractivity (Wildman–Crippen MR) is 89.5 cm³/mol. The molecule has 2 aromatic heterocycles. The van der Waals surface area contributed by atoms with Crippen molar-refractivity contribution in [3.63, 3.8) is 0 Å². The van der Waals surface area contributed by atoms with E-state index in [0.717, 1.165) is 5.56 Å². The molecule has 0 N–H and O–H groups in total. The smallest absolute Gasteiger partial charge is 0.216 e. The van der Waals surface area contributed by atoms with Crippen LogP contribution in [0.1, 0.15) is 25.0 Å². The average Bonchev–Trinajstić information content (AvgIpc) is 3.00. The Morgan fingerprint density at radius 1 is 1.17 bits per heavy atom. The second-order valence-electron chi connectivity index (χ2n) is 4.99. The minimum Gasteiger partial charge on any atom is -0.496 e. The van der Waals surface area contributed by atoms with Gasteiger partial charge in [-0.3, -0.25) is 0 Å². The van der Waals surface area contributed by atoms with E-state index in [1.54, 1.807) is 14.2 Å². The molecule has 0 aliphatic carbocycles. The average molecular weight is 349 g/mol. The SMILES string of the molecule is CCC(On1cnc2ncc(Cl)nc21)c1c(OC)cccc1OC. The summed E-state index contributed by atoms with van der Waals surface area (Å²) in [7, 11) is 3.23. The summed E-state index contributed by atoms with van der Waals surface area (Å²) in [6.07, 6.45) is 3.33. The molecule has 1 unspecified atom stereocenters. The molecule has 3 aromatic rings. The molecule has 1 atom stereocenters. The Bertz CT molecular complexity index is 830. The maximum absolute atomic E-state index is 6.08. The molecule has 7 nitrogen and oxygen atoms in total. The number of ether oxygens (including phenoxy) is 2. The first-order valence-corrected chi connectivity index (χ1v) is 7.79. The van der Waals surface area contributed by atoms with Gasteiger partial charge in [-0.25, -0.2) is 15.0 Å². The second-order valence-corrected chi connectivity index (χ2v) is 5.38. The topological polar surface area (TPSA) is 71.3 Å². The van der Waals surface area contributed by atoms with Crippen molar-refractivity contribution in [3.05, 3.63) is 41.4 Å². The molecule has 1 aromatic carbocycles. The van der Waals surface area contributed by atoms with E-state index in [-0.39, 0.29) is 11.3 Å². The predicted octanol–water partition coefficient (Wildman–Crippen LogP) is 3.08. The molecule has 3 rings (SSSR count). The summed E-state index contributed by atoms with van der Waals surface area (Å²) in [4.78, 5) is 18.6. The fourth-order valence-corrected chi connectivity index (χ4v) is 2.62. The van der Waals surface area contributed by atoms with Gasteiger partial charge in [0.1, 0.15) is 23.0 Å². The molecular weight excluding hydrogens is 332 g/mol. The van der Waals surface area contributed by atoms with Gasteiger partial charge in [-0.05, 0) is 18.6 Å². The number of benzene rings is 1. The number of nitrogens with zero attached hydrogens (tertiary/aromatic N) is 4. The Labute approximate surface area is 144 Å². The van der Waals surface area contributed by atoms with Gasteiger partial charge < -0.3 is 14.3 Å². The summed E-state index contributed by atoms with van der Waals surface area (Å²) in [5, 5.41) is 0.274. The lowest BCUT2D eigenvalue weighted by Gasteiger charge is -2.22. The molecular formula is C16H17ClN4O3. The van der Waals surface area contributed by atoms with Crippen LogP contribution in [0, 0.1) is 0 Å². The molecule has 0 aliphatic heterocycles. The Kier molecular flexibility index (Phi) is 4.71. The van der Waals surface area contributed by atoms with E-state index in [1.807, 2.05) is 25.1 Å². The minimum atomic E-state index is -0.325. The van der Waals surface area contributed by atoms with Gasteiger partial charge in [0, 0.05) is 0 Å². The van der Waals surface area contributed by atoms with Crippen LogP contribution in [0.2, 0.25) is 5.15 Å². The number of hydrogen-bond donors (Lipinski definition) is 0. The zero-order valence-corrected chi connectivity index (χ0v) is 14.3. The van der Waals surface area contributed by atoms with Crippen molar-refractivity contribution in [2.75, 3.05) is 14.2 Å². The normalized spacial score (nSPS) is 12.2. The van der Waals surface area contributed by atoms with Crippen LogP contribution >= 0.6 is 11.6 Å². The molecule has 0 amide bonds. The van der Waals surface area contributed by atoms with E-state index in [0.29, 0.717) is 29.2 Å². The van der Waals surface area contributed by atoms with Crippen molar-refractivity contribution in [3.8, 4) is 11.5 Å². The van der Waals surface area contributed by atoms with E-state index in [4.69, 9.17) is 25.9 Å². The molecule has 0 spiro atoms. The maximum Gasteiger partial charge on any atom is 0.216 e. The summed E-state index contributed by atoms with van der Waals surface area (Å²) >= 11 is 5.92. The van der Waals surface area contributed by atoms with Crippen LogP contribution in [0.5, 0.6) is 11.5 Å². The fourth-order valence-electron chi connectivity index (χ4n) is 2.50. The highest BCUT2D eigenvalue weighted by molar-refractivity contribution is 6.29. The number of fused-ring (bicyclic) bond motifs is 1. The summed E-state index contributed by atoms with van der Waals surface area (Å²) in [5.74, 6) is 1.38. The van der Waals surface area contributed by atoms with Gasteiger partial charge >= 0.3 is 0 Å². The van der Waals surface area contributed by atoms with Crippen molar-refractivity contribution in [2.24, 2.45) is 0 Å². The van der Waals surface area contributed by atoms with Crippen molar-refractivity contribution < 1.29 is 14.3 Å². The van der Waals surface area contributed by atoms with E-state index >= 15 is 0 Å². The van der Waals surface area contributed by atoms with Gasteiger partial charge in [0.15, 0.2) is 6.10 Å². The molecule has 0 aliphatic rings. The van der Waals surface area contributed by atoms with Gasteiger partial charge in [-0.15, -0.1) is 4.73 Å². The molecule has 24 heavy (non-hydrogen) atoms. The summed E-state index contributed by atoms with van der Waals surface area (Å²) in [5.41, 5.74) is 1.73. The zero-order chi connectivity index (χ0) is 17.1. The summed E-state index contributed by atoms with van der Waals surface area (Å²) < 4.78 is 12.4. The number of rotatable bonds is 6. The molecule has 0 bridgehead atoms. The van der Waals surface area contributed by atoms with Crippen LogP contribution in [0.4, 0.5) is 0 Å². The molecule has 8 heteroatoms. The Morgan fingerprint density at radius 3 is 2.50 bits per heavy atom. The van der Waals surface area contributed by atoms with Crippen LogP contribution in [-0.2, 0) is 0 Å². The van der Waals surface area contributed by atoms with Gasteiger partial charge in [-0.2, -0.15) is 0 Å². The monoisotopic (exact) mass is 348 g/mol. The van der Waals surface area contributed by atoms with E-state index in [1.165, 1.54) is 17.3 Å². The standard InChI is InChI=1S/C16H17ClN4O3/c1-4-10(14-11(22-2)6-5-7-12(14)23-3)24-21-9-19-15-16(21)20-13(17)8-18-15/h5-10H,4H2,1-3H3. The molecule has 126 valence electrons. The van der Waals surface area contributed by atoms with Crippen molar-refractivity contribution in [1.29, 1.82) is 0 Å². The lowest BCUT2D eigenvalue weighted by Crippen LogP contribution is -2.18. The number of methoxy groups -OCH3 is 2. The van der Waals surface area contributed by atoms with Crippen LogP contribution in [0.15, 0.2) is 30.7 Å². The van der Waals surface area contributed by atoms with Crippen LogP contribution in [0.3, 0.4) is 0 Å². The first kappa shape index (κ1) is 16.3. The lowest BCUT2D eigenvalue weighted by atomic mass is 10.0. The molecule has 0 radical (unpaired) electrons. The third kappa shape index (κ3) is 2.94. The number of imidazole rings is 1. The molecule has 2 heterocycles. The van der Waals surface area contributed by atoms with Gasteiger partial charge in [0.2, 0.25) is 11.3 Å². The highest BCUT2D eigenvalue weighted by atomic mass is 35.5. The Balaban J connectivity index is 2.02. The number of hydrogen-bond acceptors (Lipinski definition) is 6. The molecule has 0 fully saturated rings. The second kappa shape index (κ2) is 6.92. The van der Waals surface area contributed by atoms with E-state index in [9.17, 15) is 0 Å². The molecule has 0 saturated heterocycles. The van der Waals surface area contributed by atoms with Crippen molar-refractivity contribution in [1.82, 2.24) is 19.7 Å². The maximum atomic E-state index is 6.08. The van der Waals surface area contributed by atoms with Crippen LogP contribution in [-0.4, -0.2) is 33.9 Å². The lowest BCUT2D eigenvalue weighted by molar-refractivity contribution is 0.0366. The third-order valence-electron chi connectivity index (χ3n) is 3.60. The van der Waals surface area contributed by atoms with Crippen molar-refractivity contribution >= 4 is 22.9 Å². The van der Waals surface area contributed by atoms with Gasteiger partial charge in [-0.1, -0.05) is 24.6 Å². The Morgan fingerprint density at radius 2 is 1.88 bits per heavy atom. The van der Waals surface area contributed by atoms with E-state index in [2.05, 4.69) is 15.0 Å². The highest BCUT2D eigenvalue weighted by Crippen LogP contribution is 2.36. The number of halogens is 1.